The van der Waals surface area contributed by atoms with E-state index in [-0.39, 0.29) is 53.9 Å². The molecule has 31 heavy (non-hydrogen) atoms. The second-order valence-corrected chi connectivity index (χ2v) is 6.61. The van der Waals surface area contributed by atoms with Crippen LogP contribution in [0.3, 0.4) is 0 Å². The van der Waals surface area contributed by atoms with Crippen molar-refractivity contribution in [2.75, 3.05) is 23.8 Å². The van der Waals surface area contributed by atoms with E-state index in [0.717, 1.165) is 11.1 Å². The van der Waals surface area contributed by atoms with E-state index < -0.39 is 24.4 Å². The molecule has 0 saturated carbocycles. The molecule has 3 rings (SSSR count). The Labute approximate surface area is 206 Å². The first-order chi connectivity index (χ1) is 14.4. The Morgan fingerprint density at radius 1 is 1.00 bits per heavy atom. The van der Waals surface area contributed by atoms with Crippen LogP contribution in [0.1, 0.15) is 11.8 Å². The number of carboxylic acid groups (broad SMARTS) is 1. The fourth-order valence-corrected chi connectivity index (χ4v) is 2.80. The fraction of sp³-hybridized carbons (Fsp3) is 0.0952. The van der Waals surface area contributed by atoms with E-state index in [2.05, 4.69) is 10.6 Å². The molecule has 3 aromatic rings. The molecule has 3 N–H and O–H groups in total. The minimum absolute atomic E-state index is 0. The summed E-state index contributed by atoms with van der Waals surface area (Å²) in [6, 6.07) is 13.0. The summed E-state index contributed by atoms with van der Waals surface area (Å²) in [5, 5.41) is 14.5. The molecule has 0 aliphatic rings. The maximum atomic E-state index is 12.1. The van der Waals surface area contributed by atoms with Crippen molar-refractivity contribution in [1.29, 1.82) is 0 Å². The summed E-state index contributed by atoms with van der Waals surface area (Å²) < 4.78 is 10.2. The number of nitrogens with one attached hydrogen (secondary N) is 2. The molecule has 0 aliphatic carbocycles. The standard InChI is InChI=1S/C21H17ClN2O6.Na.H/c22-15-4-5-18(17(9-15)21(27)28)24-20(26)12-30-11-19(25)23-16-3-1-2-13(8-16)14-6-7-29-10-14;;/h1-10H,11-12H2,(H,23,25)(H,24,26)(H,27,28);;/q;+1;-1. The van der Waals surface area contributed by atoms with Gasteiger partial charge in [0.1, 0.15) is 13.2 Å². The number of benzene rings is 2. The van der Waals surface area contributed by atoms with E-state index in [1.807, 2.05) is 6.07 Å². The third-order valence-electron chi connectivity index (χ3n) is 3.95. The van der Waals surface area contributed by atoms with Gasteiger partial charge in [0.25, 0.3) is 0 Å². The Bertz CT molecular complexity index is 1080. The number of ether oxygens (including phenoxy) is 1. The normalized spacial score (nSPS) is 10.1. The Kier molecular flexibility index (Phi) is 9.29. The Hall–Kier alpha value is -2.62. The Morgan fingerprint density at radius 2 is 1.74 bits per heavy atom. The number of aromatic carboxylic acids is 1. The summed E-state index contributed by atoms with van der Waals surface area (Å²) in [5.41, 5.74) is 2.26. The number of hydrogen-bond acceptors (Lipinski definition) is 5. The van der Waals surface area contributed by atoms with Crippen LogP contribution in [0.15, 0.2) is 65.5 Å². The smallest absolute Gasteiger partial charge is 1.00 e. The molecule has 0 radical (unpaired) electrons. The molecule has 0 aliphatic heterocycles. The van der Waals surface area contributed by atoms with Gasteiger partial charge >= 0.3 is 35.5 Å². The zero-order chi connectivity index (χ0) is 21.5. The SMILES string of the molecule is O=C(COCC(=O)Nc1ccc(Cl)cc1C(=O)O)Nc1cccc(-c2ccoc2)c1.[H-].[Na+]. The van der Waals surface area contributed by atoms with Crippen LogP contribution >= 0.6 is 11.6 Å². The first kappa shape index (κ1) is 24.6. The topological polar surface area (TPSA) is 118 Å². The van der Waals surface area contributed by atoms with Gasteiger partial charge in [-0.25, -0.2) is 4.79 Å². The molecular weight excluding hydrogens is 435 g/mol. The van der Waals surface area contributed by atoms with Gasteiger partial charge in [0.15, 0.2) is 0 Å². The number of amides is 2. The van der Waals surface area contributed by atoms with Crippen molar-refractivity contribution in [2.24, 2.45) is 0 Å². The van der Waals surface area contributed by atoms with E-state index in [9.17, 15) is 19.5 Å². The molecule has 10 heteroatoms. The molecule has 0 atom stereocenters. The molecular formula is C21H18ClN2NaO6. The molecule has 1 heterocycles. The maximum absolute atomic E-state index is 12.1. The Morgan fingerprint density at radius 3 is 2.42 bits per heavy atom. The van der Waals surface area contributed by atoms with Crippen molar-refractivity contribution in [3.05, 3.63) is 71.6 Å². The summed E-state index contributed by atoms with van der Waals surface area (Å²) >= 11 is 5.77. The summed E-state index contributed by atoms with van der Waals surface area (Å²) in [4.78, 5) is 35.3. The van der Waals surface area contributed by atoms with E-state index in [4.69, 9.17) is 20.8 Å². The molecule has 156 valence electrons. The van der Waals surface area contributed by atoms with Crippen LogP contribution in [0, 0.1) is 0 Å². The molecule has 0 unspecified atom stereocenters. The summed E-state index contributed by atoms with van der Waals surface area (Å²) in [7, 11) is 0. The van der Waals surface area contributed by atoms with Crippen molar-refractivity contribution in [1.82, 2.24) is 0 Å². The van der Waals surface area contributed by atoms with Gasteiger partial charge in [-0.3, -0.25) is 9.59 Å². The summed E-state index contributed by atoms with van der Waals surface area (Å²) in [5.74, 6) is -2.27. The van der Waals surface area contributed by atoms with Crippen molar-refractivity contribution < 1.29 is 59.6 Å². The van der Waals surface area contributed by atoms with E-state index in [1.165, 1.54) is 18.2 Å². The van der Waals surface area contributed by atoms with Crippen LogP contribution in [0.5, 0.6) is 0 Å². The molecule has 0 fully saturated rings. The van der Waals surface area contributed by atoms with Crippen molar-refractivity contribution in [3.63, 3.8) is 0 Å². The maximum Gasteiger partial charge on any atom is 1.00 e. The first-order valence-electron chi connectivity index (χ1n) is 8.75. The monoisotopic (exact) mass is 452 g/mol. The number of rotatable bonds is 8. The molecule has 2 amide bonds. The van der Waals surface area contributed by atoms with Crippen LogP contribution in [0.25, 0.3) is 11.1 Å². The molecule has 0 spiro atoms. The van der Waals surface area contributed by atoms with Crippen molar-refractivity contribution >= 4 is 40.8 Å². The second-order valence-electron chi connectivity index (χ2n) is 6.18. The van der Waals surface area contributed by atoms with Gasteiger partial charge in [-0.1, -0.05) is 23.7 Å². The minimum Gasteiger partial charge on any atom is -1.00 e. The zero-order valence-corrected chi connectivity index (χ0v) is 19.3. The number of carbonyl (C=O) groups excluding carboxylic acids is 2. The zero-order valence-electron chi connectivity index (χ0n) is 17.6. The quantitative estimate of drug-likeness (QED) is 0.439. The van der Waals surface area contributed by atoms with Gasteiger partial charge in [-0.2, -0.15) is 0 Å². The van der Waals surface area contributed by atoms with Crippen LogP contribution in [-0.4, -0.2) is 36.1 Å². The average molecular weight is 453 g/mol. The van der Waals surface area contributed by atoms with Crippen LogP contribution in [-0.2, 0) is 14.3 Å². The van der Waals surface area contributed by atoms with E-state index in [1.54, 1.807) is 36.8 Å². The van der Waals surface area contributed by atoms with E-state index >= 15 is 0 Å². The fourth-order valence-electron chi connectivity index (χ4n) is 2.63. The van der Waals surface area contributed by atoms with Crippen molar-refractivity contribution in [3.8, 4) is 11.1 Å². The number of halogens is 1. The molecule has 0 saturated heterocycles. The number of anilines is 2. The van der Waals surface area contributed by atoms with Crippen LogP contribution in [0.2, 0.25) is 5.02 Å². The third kappa shape index (κ3) is 7.23. The van der Waals surface area contributed by atoms with Crippen molar-refractivity contribution in [2.45, 2.75) is 0 Å². The predicted molar refractivity (Wildman–Crippen MR) is 112 cm³/mol. The summed E-state index contributed by atoms with van der Waals surface area (Å²) in [6.07, 6.45) is 3.15. The third-order valence-corrected chi connectivity index (χ3v) is 4.19. The molecule has 2 aromatic carbocycles. The van der Waals surface area contributed by atoms with Gasteiger partial charge in [0, 0.05) is 16.3 Å². The number of carbonyl (C=O) groups is 3. The second kappa shape index (κ2) is 11.7. The Balaban J connectivity index is 0.00000256. The molecule has 0 bridgehead atoms. The van der Waals surface area contributed by atoms with Gasteiger partial charge in [0.2, 0.25) is 11.8 Å². The number of hydrogen-bond donors (Lipinski definition) is 3. The predicted octanol–water partition coefficient (Wildman–Crippen LogP) is 1.01. The van der Waals surface area contributed by atoms with Gasteiger partial charge in [0.05, 0.1) is 23.8 Å². The molecule has 1 aromatic heterocycles. The minimum atomic E-state index is -1.23. The van der Waals surface area contributed by atoms with E-state index in [0.29, 0.717) is 5.69 Å². The number of furan rings is 1. The number of carboxylic acids is 1. The first-order valence-corrected chi connectivity index (χ1v) is 9.13. The summed E-state index contributed by atoms with van der Waals surface area (Å²) in [6.45, 7) is -0.778. The van der Waals surface area contributed by atoms with Crippen LogP contribution < -0.4 is 40.2 Å². The largest absolute Gasteiger partial charge is 1.00 e. The van der Waals surface area contributed by atoms with Gasteiger partial charge < -0.3 is 26.3 Å². The van der Waals surface area contributed by atoms with Gasteiger partial charge in [-0.05, 0) is 42.0 Å². The van der Waals surface area contributed by atoms with Crippen LogP contribution in [0.4, 0.5) is 11.4 Å². The average Bonchev–Trinajstić information content (AvgIpc) is 3.24. The molecule has 8 nitrogen and oxygen atoms in total. The van der Waals surface area contributed by atoms with Gasteiger partial charge in [-0.15, -0.1) is 0 Å².